The van der Waals surface area contributed by atoms with Crippen molar-refractivity contribution >= 4 is 11.3 Å². The van der Waals surface area contributed by atoms with Crippen molar-refractivity contribution in [2.75, 3.05) is 6.54 Å². The van der Waals surface area contributed by atoms with Gasteiger partial charge in [-0.15, -0.1) is 11.3 Å². The topological polar surface area (TPSA) is 50.7 Å². The molecule has 2 aromatic rings. The molecule has 4 nitrogen and oxygen atoms in total. The van der Waals surface area contributed by atoms with Gasteiger partial charge in [0, 0.05) is 30.2 Å². The molecule has 3 rings (SSSR count). The Morgan fingerprint density at radius 2 is 2.28 bits per heavy atom. The van der Waals surface area contributed by atoms with Crippen LogP contribution in [0.1, 0.15) is 23.5 Å². The van der Waals surface area contributed by atoms with Crippen LogP contribution in [0.5, 0.6) is 0 Å². The molecule has 0 aromatic carbocycles. The van der Waals surface area contributed by atoms with Crippen LogP contribution in [0.2, 0.25) is 0 Å². The Morgan fingerprint density at radius 1 is 1.39 bits per heavy atom. The van der Waals surface area contributed by atoms with Gasteiger partial charge in [-0.1, -0.05) is 0 Å². The Morgan fingerprint density at radius 3 is 3.06 bits per heavy atom. The zero-order chi connectivity index (χ0) is 12.4. The maximum atomic E-state index is 4.68. The molecule has 18 heavy (non-hydrogen) atoms. The molecule has 0 saturated carbocycles. The van der Waals surface area contributed by atoms with Crippen molar-refractivity contribution in [1.29, 1.82) is 0 Å². The minimum absolute atomic E-state index is 0.604. The van der Waals surface area contributed by atoms with Crippen LogP contribution in [-0.4, -0.2) is 27.5 Å². The fourth-order valence-corrected chi connectivity index (χ4v) is 3.17. The van der Waals surface area contributed by atoms with Crippen molar-refractivity contribution in [2.24, 2.45) is 0 Å². The lowest BCUT2D eigenvalue weighted by Crippen LogP contribution is -2.23. The zero-order valence-corrected chi connectivity index (χ0v) is 11.2. The highest BCUT2D eigenvalue weighted by molar-refractivity contribution is 7.09. The molecule has 1 saturated heterocycles. The van der Waals surface area contributed by atoms with Crippen molar-refractivity contribution in [1.82, 2.24) is 20.3 Å². The Balaban J connectivity index is 1.79. The lowest BCUT2D eigenvalue weighted by atomic mass is 10.2. The summed E-state index contributed by atoms with van der Waals surface area (Å²) in [5, 5.41) is 6.78. The van der Waals surface area contributed by atoms with Gasteiger partial charge in [-0.05, 0) is 26.3 Å². The molecule has 0 amide bonds. The average Bonchev–Trinajstić information content (AvgIpc) is 3.02. The maximum absolute atomic E-state index is 4.68. The van der Waals surface area contributed by atoms with Crippen molar-refractivity contribution < 1.29 is 0 Å². The second-order valence-corrected chi connectivity index (χ2v) is 5.56. The highest BCUT2D eigenvalue weighted by Gasteiger charge is 2.17. The normalized spacial score (nSPS) is 19.3. The van der Waals surface area contributed by atoms with Crippen LogP contribution >= 0.6 is 11.3 Å². The molecule has 3 heterocycles. The van der Waals surface area contributed by atoms with E-state index >= 15 is 0 Å². The summed E-state index contributed by atoms with van der Waals surface area (Å²) >= 11 is 1.72. The summed E-state index contributed by atoms with van der Waals surface area (Å²) in [4.78, 5) is 13.3. The molecule has 1 atom stereocenters. The Bertz CT molecular complexity index is 531. The lowest BCUT2D eigenvalue weighted by molar-refractivity contribution is 0.601. The van der Waals surface area contributed by atoms with Gasteiger partial charge in [0.25, 0.3) is 0 Å². The molecule has 1 fully saturated rings. The van der Waals surface area contributed by atoms with Crippen molar-refractivity contribution in [3.05, 3.63) is 28.5 Å². The number of aryl methyl sites for hydroxylation is 1. The number of hydrogen-bond donors (Lipinski definition) is 1. The van der Waals surface area contributed by atoms with Crippen LogP contribution in [0.15, 0.2) is 17.8 Å². The van der Waals surface area contributed by atoms with Crippen molar-refractivity contribution in [3.8, 4) is 11.4 Å². The summed E-state index contributed by atoms with van der Waals surface area (Å²) in [5.41, 5.74) is 2.80. The van der Waals surface area contributed by atoms with E-state index < -0.39 is 0 Å². The van der Waals surface area contributed by atoms with E-state index in [-0.39, 0.29) is 0 Å². The van der Waals surface area contributed by atoms with Gasteiger partial charge in [0.2, 0.25) is 0 Å². The van der Waals surface area contributed by atoms with Gasteiger partial charge in [0.1, 0.15) is 11.4 Å². The molecule has 0 aliphatic carbocycles. The zero-order valence-electron chi connectivity index (χ0n) is 10.4. The lowest BCUT2D eigenvalue weighted by Gasteiger charge is -2.06. The van der Waals surface area contributed by atoms with Gasteiger partial charge in [-0.3, -0.25) is 9.97 Å². The van der Waals surface area contributed by atoms with Crippen LogP contribution < -0.4 is 5.32 Å². The van der Waals surface area contributed by atoms with Crippen LogP contribution in [0.25, 0.3) is 11.4 Å². The first kappa shape index (κ1) is 11.7. The molecule has 0 spiro atoms. The van der Waals surface area contributed by atoms with Gasteiger partial charge in [0.05, 0.1) is 10.7 Å². The van der Waals surface area contributed by atoms with Gasteiger partial charge >= 0.3 is 0 Å². The molecular weight excluding hydrogens is 244 g/mol. The van der Waals surface area contributed by atoms with E-state index in [4.69, 9.17) is 0 Å². The first-order valence-electron chi connectivity index (χ1n) is 6.28. The first-order valence-corrected chi connectivity index (χ1v) is 7.16. The molecule has 0 bridgehead atoms. The molecule has 1 aliphatic heterocycles. The van der Waals surface area contributed by atoms with E-state index in [2.05, 4.69) is 25.6 Å². The Labute approximate surface area is 111 Å². The van der Waals surface area contributed by atoms with Gasteiger partial charge in [-0.25, -0.2) is 4.98 Å². The molecule has 2 aromatic heterocycles. The highest BCUT2D eigenvalue weighted by Crippen LogP contribution is 2.23. The average molecular weight is 260 g/mol. The number of nitrogens with one attached hydrogen (secondary N) is 1. The fourth-order valence-electron chi connectivity index (χ4n) is 2.31. The summed E-state index contributed by atoms with van der Waals surface area (Å²) in [6.07, 6.45) is 7.02. The summed E-state index contributed by atoms with van der Waals surface area (Å²) < 4.78 is 0. The van der Waals surface area contributed by atoms with Crippen LogP contribution in [0.4, 0.5) is 0 Å². The van der Waals surface area contributed by atoms with E-state index in [0.29, 0.717) is 6.04 Å². The third kappa shape index (κ3) is 2.42. The minimum Gasteiger partial charge on any atom is -0.314 e. The molecule has 5 heteroatoms. The first-order chi connectivity index (χ1) is 8.83. The monoisotopic (exact) mass is 260 g/mol. The minimum atomic E-state index is 0.604. The van der Waals surface area contributed by atoms with Gasteiger partial charge in [0.15, 0.2) is 0 Å². The van der Waals surface area contributed by atoms with E-state index in [9.17, 15) is 0 Å². The molecular formula is C13H16N4S. The van der Waals surface area contributed by atoms with Crippen LogP contribution in [0.3, 0.4) is 0 Å². The second-order valence-electron chi connectivity index (χ2n) is 4.61. The highest BCUT2D eigenvalue weighted by atomic mass is 32.1. The standard InChI is InChI=1S/C13H16N4S/c1-9-13(16-6-5-14-9)11-8-18-12(17-11)7-10-3-2-4-15-10/h5-6,8,10,15H,2-4,7H2,1H3. The van der Waals surface area contributed by atoms with Gasteiger partial charge < -0.3 is 5.32 Å². The maximum Gasteiger partial charge on any atom is 0.111 e. The third-order valence-corrected chi connectivity index (χ3v) is 4.13. The van der Waals surface area contributed by atoms with Crippen molar-refractivity contribution in [2.45, 2.75) is 32.2 Å². The van der Waals surface area contributed by atoms with Crippen LogP contribution in [-0.2, 0) is 6.42 Å². The predicted octanol–water partition coefficient (Wildman–Crippen LogP) is 2.20. The number of nitrogens with zero attached hydrogens (tertiary/aromatic N) is 3. The number of thiazole rings is 1. The van der Waals surface area contributed by atoms with Crippen molar-refractivity contribution in [3.63, 3.8) is 0 Å². The fraction of sp³-hybridized carbons (Fsp3) is 0.462. The molecule has 1 unspecified atom stereocenters. The van der Waals surface area contributed by atoms with E-state index in [1.54, 1.807) is 23.7 Å². The predicted molar refractivity (Wildman–Crippen MR) is 72.6 cm³/mol. The smallest absolute Gasteiger partial charge is 0.111 e. The SMILES string of the molecule is Cc1nccnc1-c1csc(CC2CCCN2)n1. The largest absolute Gasteiger partial charge is 0.314 e. The summed E-state index contributed by atoms with van der Waals surface area (Å²) in [7, 11) is 0. The quantitative estimate of drug-likeness (QED) is 0.919. The third-order valence-electron chi connectivity index (χ3n) is 3.26. The summed E-state index contributed by atoms with van der Waals surface area (Å²) in [5.74, 6) is 0. The molecule has 1 aliphatic rings. The van der Waals surface area contributed by atoms with E-state index in [0.717, 1.165) is 30.0 Å². The summed E-state index contributed by atoms with van der Waals surface area (Å²) in [6, 6.07) is 0.604. The molecule has 1 N–H and O–H groups in total. The van der Waals surface area contributed by atoms with Crippen LogP contribution in [0, 0.1) is 6.92 Å². The van der Waals surface area contributed by atoms with E-state index in [1.807, 2.05) is 6.92 Å². The summed E-state index contributed by atoms with van der Waals surface area (Å²) in [6.45, 7) is 3.12. The molecule has 94 valence electrons. The van der Waals surface area contributed by atoms with E-state index in [1.165, 1.54) is 17.8 Å². The number of rotatable bonds is 3. The van der Waals surface area contributed by atoms with Gasteiger partial charge in [-0.2, -0.15) is 0 Å². The Kier molecular flexibility index (Phi) is 3.34. The Hall–Kier alpha value is -1.33. The number of hydrogen-bond acceptors (Lipinski definition) is 5. The number of aromatic nitrogens is 3. The molecule has 0 radical (unpaired) electrons. The second kappa shape index (κ2) is 5.12.